The summed E-state index contributed by atoms with van der Waals surface area (Å²) in [7, 11) is 0. The highest BCUT2D eigenvalue weighted by molar-refractivity contribution is 7.80. The Morgan fingerprint density at radius 3 is 2.62 bits per heavy atom. The van der Waals surface area contributed by atoms with E-state index < -0.39 is 5.97 Å². The van der Waals surface area contributed by atoms with Crippen LogP contribution in [0, 0.1) is 6.92 Å². The number of hydrogen-bond donors (Lipinski definition) is 3. The molecule has 1 heterocycles. The van der Waals surface area contributed by atoms with E-state index in [0.29, 0.717) is 17.9 Å². The lowest BCUT2D eigenvalue weighted by Gasteiger charge is -2.13. The van der Waals surface area contributed by atoms with Gasteiger partial charge in [0.05, 0.1) is 0 Å². The second kappa shape index (κ2) is 7.74. The largest absolute Gasteiger partial charge is 0.475 e. The number of carbonyl (C=O) groups is 2. The highest BCUT2D eigenvalue weighted by Crippen LogP contribution is 2.30. The van der Waals surface area contributed by atoms with Crippen molar-refractivity contribution in [3.05, 3.63) is 41.7 Å². The zero-order valence-corrected chi connectivity index (χ0v) is 14.2. The van der Waals surface area contributed by atoms with Crippen LogP contribution in [0.15, 0.2) is 34.7 Å². The smallest absolute Gasteiger partial charge is 0.371 e. The van der Waals surface area contributed by atoms with E-state index in [4.69, 9.17) is 21.7 Å². The summed E-state index contributed by atoms with van der Waals surface area (Å²) in [5, 5.41) is 14.8. The Kier molecular flexibility index (Phi) is 5.70. The summed E-state index contributed by atoms with van der Waals surface area (Å²) in [5.41, 5.74) is 2.29. The van der Waals surface area contributed by atoms with Crippen molar-refractivity contribution in [3.63, 3.8) is 0 Å². The minimum Gasteiger partial charge on any atom is -0.475 e. The van der Waals surface area contributed by atoms with Gasteiger partial charge in [0.1, 0.15) is 5.76 Å². The molecule has 0 bridgehead atoms. The van der Waals surface area contributed by atoms with Crippen LogP contribution in [0.4, 0.5) is 5.69 Å². The van der Waals surface area contributed by atoms with Crippen LogP contribution in [0.25, 0.3) is 11.3 Å². The minimum atomic E-state index is -1.12. The van der Waals surface area contributed by atoms with E-state index in [1.807, 2.05) is 26.0 Å². The number of carboxylic acids is 1. The number of aromatic carboxylic acids is 1. The summed E-state index contributed by atoms with van der Waals surface area (Å²) in [4.78, 5) is 22.5. The molecular formula is C17H18N2O4S. The van der Waals surface area contributed by atoms with Gasteiger partial charge in [-0.2, -0.15) is 0 Å². The molecule has 0 spiro atoms. The van der Waals surface area contributed by atoms with Gasteiger partial charge in [0.25, 0.3) is 0 Å². The van der Waals surface area contributed by atoms with Crippen molar-refractivity contribution in [2.24, 2.45) is 0 Å². The zero-order chi connectivity index (χ0) is 17.7. The first kappa shape index (κ1) is 17.7. The molecule has 0 saturated heterocycles. The number of carboxylic acid groups (broad SMARTS) is 1. The Labute approximate surface area is 144 Å². The number of amides is 1. The molecule has 0 atom stereocenters. The molecule has 0 unspecified atom stereocenters. The zero-order valence-electron chi connectivity index (χ0n) is 13.4. The number of hydrogen-bond acceptors (Lipinski definition) is 4. The van der Waals surface area contributed by atoms with Crippen molar-refractivity contribution in [1.82, 2.24) is 5.32 Å². The molecule has 1 aromatic heterocycles. The molecule has 1 amide bonds. The van der Waals surface area contributed by atoms with Crippen LogP contribution >= 0.6 is 12.2 Å². The normalized spacial score (nSPS) is 10.2. The first-order valence-electron chi connectivity index (χ1n) is 7.46. The monoisotopic (exact) mass is 346 g/mol. The van der Waals surface area contributed by atoms with Crippen molar-refractivity contribution in [1.29, 1.82) is 0 Å². The third kappa shape index (κ3) is 4.20. The van der Waals surface area contributed by atoms with Gasteiger partial charge in [0.15, 0.2) is 5.11 Å². The van der Waals surface area contributed by atoms with Crippen LogP contribution in [0.1, 0.15) is 35.9 Å². The van der Waals surface area contributed by atoms with Gasteiger partial charge >= 0.3 is 5.97 Å². The molecule has 3 N–H and O–H groups in total. The Bertz CT molecular complexity index is 783. The number of furan rings is 1. The molecule has 0 aliphatic rings. The van der Waals surface area contributed by atoms with Gasteiger partial charge in [0, 0.05) is 17.7 Å². The number of rotatable bonds is 5. The van der Waals surface area contributed by atoms with Crippen LogP contribution in [0.2, 0.25) is 0 Å². The Morgan fingerprint density at radius 1 is 1.25 bits per heavy atom. The first-order chi connectivity index (χ1) is 11.4. The number of nitrogens with one attached hydrogen (secondary N) is 2. The van der Waals surface area contributed by atoms with Crippen molar-refractivity contribution in [2.45, 2.75) is 26.7 Å². The third-order valence-corrected chi connectivity index (χ3v) is 3.60. The van der Waals surface area contributed by atoms with E-state index in [2.05, 4.69) is 10.6 Å². The van der Waals surface area contributed by atoms with Gasteiger partial charge in [-0.05, 0) is 49.3 Å². The van der Waals surface area contributed by atoms with Crippen molar-refractivity contribution in [3.8, 4) is 11.3 Å². The highest BCUT2D eigenvalue weighted by Gasteiger charge is 2.14. The summed E-state index contributed by atoms with van der Waals surface area (Å²) >= 11 is 5.14. The molecule has 0 saturated carbocycles. The van der Waals surface area contributed by atoms with Crippen LogP contribution < -0.4 is 10.6 Å². The Balaban J connectivity index is 2.19. The number of benzene rings is 1. The molecule has 126 valence electrons. The van der Waals surface area contributed by atoms with Gasteiger partial charge in [0.2, 0.25) is 11.7 Å². The number of thiocarbonyl (C=S) groups is 1. The molecule has 7 heteroatoms. The summed E-state index contributed by atoms with van der Waals surface area (Å²) in [6, 6.07) is 8.45. The minimum absolute atomic E-state index is 0.120. The molecule has 0 aliphatic carbocycles. The number of carbonyl (C=O) groups excluding carboxylic acids is 1. The van der Waals surface area contributed by atoms with Gasteiger partial charge in [-0.25, -0.2) is 4.79 Å². The molecule has 24 heavy (non-hydrogen) atoms. The quantitative estimate of drug-likeness (QED) is 0.717. The maximum absolute atomic E-state index is 11.6. The van der Waals surface area contributed by atoms with E-state index in [0.717, 1.165) is 17.5 Å². The van der Waals surface area contributed by atoms with Gasteiger partial charge in [-0.3, -0.25) is 4.79 Å². The summed E-state index contributed by atoms with van der Waals surface area (Å²) < 4.78 is 5.34. The lowest BCUT2D eigenvalue weighted by Crippen LogP contribution is -2.34. The fourth-order valence-corrected chi connectivity index (χ4v) is 2.43. The molecule has 2 rings (SSSR count). The second-order valence-corrected chi connectivity index (χ2v) is 5.61. The summed E-state index contributed by atoms with van der Waals surface area (Å²) in [5.74, 6) is -0.923. The number of anilines is 1. The average molecular weight is 346 g/mol. The van der Waals surface area contributed by atoms with Crippen molar-refractivity contribution < 1.29 is 19.1 Å². The molecule has 1 aromatic carbocycles. The Hall–Kier alpha value is -2.67. The van der Waals surface area contributed by atoms with Crippen molar-refractivity contribution >= 4 is 34.9 Å². The van der Waals surface area contributed by atoms with Crippen LogP contribution in [0.3, 0.4) is 0 Å². The molecule has 6 nitrogen and oxygen atoms in total. The van der Waals surface area contributed by atoms with E-state index in [9.17, 15) is 9.59 Å². The van der Waals surface area contributed by atoms with Crippen LogP contribution in [-0.4, -0.2) is 22.1 Å². The fraction of sp³-hybridized carbons (Fsp3) is 0.235. The molecule has 0 aliphatic heterocycles. The van der Waals surface area contributed by atoms with E-state index >= 15 is 0 Å². The second-order valence-electron chi connectivity index (χ2n) is 5.20. The Morgan fingerprint density at radius 2 is 2.00 bits per heavy atom. The fourth-order valence-electron chi connectivity index (χ4n) is 2.21. The highest BCUT2D eigenvalue weighted by atomic mass is 32.1. The maximum atomic E-state index is 11.6. The predicted octanol–water partition coefficient (Wildman–Crippen LogP) is 3.57. The first-order valence-corrected chi connectivity index (χ1v) is 7.87. The van der Waals surface area contributed by atoms with Crippen molar-refractivity contribution in [2.75, 3.05) is 5.32 Å². The lowest BCUT2D eigenvalue weighted by molar-refractivity contribution is -0.119. The molecular weight excluding hydrogens is 328 g/mol. The van der Waals surface area contributed by atoms with Crippen LogP contribution in [-0.2, 0) is 4.79 Å². The third-order valence-electron chi connectivity index (χ3n) is 3.39. The van der Waals surface area contributed by atoms with Gasteiger partial charge < -0.3 is 20.2 Å². The van der Waals surface area contributed by atoms with Gasteiger partial charge in [-0.15, -0.1) is 0 Å². The maximum Gasteiger partial charge on any atom is 0.371 e. The van der Waals surface area contributed by atoms with E-state index in [1.54, 1.807) is 12.1 Å². The predicted molar refractivity (Wildman–Crippen MR) is 95.1 cm³/mol. The molecule has 0 radical (unpaired) electrons. The van der Waals surface area contributed by atoms with Crippen LogP contribution in [0.5, 0.6) is 0 Å². The summed E-state index contributed by atoms with van der Waals surface area (Å²) in [6.45, 7) is 3.77. The SMILES string of the molecule is CCCC(=O)NC(=S)Nc1cccc(-c2ccc(C(=O)O)o2)c1C. The molecule has 0 fully saturated rings. The average Bonchev–Trinajstić information content (AvgIpc) is 2.99. The standard InChI is InChI=1S/C17H18N2O4S/c1-3-5-15(20)19-17(24)18-12-7-4-6-11(10(12)2)13-8-9-14(23-13)16(21)22/h4,6-9H,3,5H2,1-2H3,(H,21,22)(H2,18,19,20,24). The van der Waals surface area contributed by atoms with E-state index in [1.165, 1.54) is 6.07 Å². The summed E-state index contributed by atoms with van der Waals surface area (Å²) in [6.07, 6.45) is 1.15. The molecule has 2 aromatic rings. The topological polar surface area (TPSA) is 91.6 Å². The van der Waals surface area contributed by atoms with Gasteiger partial charge in [-0.1, -0.05) is 19.1 Å². The lowest BCUT2D eigenvalue weighted by atomic mass is 10.0. The van der Waals surface area contributed by atoms with E-state index in [-0.39, 0.29) is 16.8 Å².